The van der Waals surface area contributed by atoms with Gasteiger partial charge in [0.2, 0.25) is 0 Å². The number of aryl methyl sites for hydroxylation is 1. The highest BCUT2D eigenvalue weighted by molar-refractivity contribution is 7.88. The third-order valence-corrected chi connectivity index (χ3v) is 5.24. The van der Waals surface area contributed by atoms with Crippen LogP contribution in [0, 0.1) is 6.92 Å². The SMILES string of the molecule is COCOc1cc(C(F)(F)F)cc(C)c1-c1cc2cccc(OS(=O)(=O)C(F)(F)F)c2nn1. The van der Waals surface area contributed by atoms with Crippen LogP contribution in [0.25, 0.3) is 22.2 Å². The van der Waals surface area contributed by atoms with Crippen LogP contribution in [0.5, 0.6) is 11.5 Å². The molecule has 178 valence electrons. The molecule has 0 aliphatic carbocycles. The molecule has 3 rings (SSSR count). The first kappa shape index (κ1) is 24.5. The first-order chi connectivity index (χ1) is 15.2. The van der Waals surface area contributed by atoms with Gasteiger partial charge in [-0.05, 0) is 36.8 Å². The summed E-state index contributed by atoms with van der Waals surface area (Å²) in [6, 6.07) is 6.48. The number of nitrogens with zero attached hydrogens (tertiary/aromatic N) is 2. The lowest BCUT2D eigenvalue weighted by molar-refractivity contribution is -0.137. The molecule has 33 heavy (non-hydrogen) atoms. The number of ether oxygens (including phenoxy) is 2. The zero-order valence-electron chi connectivity index (χ0n) is 16.8. The fourth-order valence-electron chi connectivity index (χ4n) is 2.88. The van der Waals surface area contributed by atoms with Crippen LogP contribution in [-0.2, 0) is 21.0 Å². The van der Waals surface area contributed by atoms with Crippen molar-refractivity contribution in [3.8, 4) is 22.8 Å². The first-order valence-electron chi connectivity index (χ1n) is 8.86. The van der Waals surface area contributed by atoms with Gasteiger partial charge in [-0.2, -0.15) is 34.8 Å². The van der Waals surface area contributed by atoms with Crippen LogP contribution in [-0.4, -0.2) is 38.0 Å². The summed E-state index contributed by atoms with van der Waals surface area (Å²) < 4.78 is 115. The topological polar surface area (TPSA) is 87.6 Å². The van der Waals surface area contributed by atoms with Crippen LogP contribution < -0.4 is 8.92 Å². The zero-order chi connectivity index (χ0) is 24.6. The van der Waals surface area contributed by atoms with Crippen molar-refractivity contribution in [1.29, 1.82) is 0 Å². The van der Waals surface area contributed by atoms with Crippen molar-refractivity contribution in [3.05, 3.63) is 47.5 Å². The van der Waals surface area contributed by atoms with Crippen molar-refractivity contribution < 1.29 is 48.4 Å². The van der Waals surface area contributed by atoms with Gasteiger partial charge in [0.15, 0.2) is 12.5 Å². The molecule has 1 heterocycles. The average Bonchev–Trinajstić information content (AvgIpc) is 2.70. The molecule has 0 radical (unpaired) electrons. The smallest absolute Gasteiger partial charge is 0.467 e. The number of hydrogen-bond acceptors (Lipinski definition) is 7. The number of halogens is 6. The molecule has 0 aliphatic heterocycles. The zero-order valence-corrected chi connectivity index (χ0v) is 17.6. The van der Waals surface area contributed by atoms with E-state index in [9.17, 15) is 34.8 Å². The summed E-state index contributed by atoms with van der Waals surface area (Å²) in [4.78, 5) is 0. The normalized spacial score (nSPS) is 12.7. The largest absolute Gasteiger partial charge is 0.534 e. The maximum absolute atomic E-state index is 13.2. The van der Waals surface area contributed by atoms with Crippen molar-refractivity contribution >= 4 is 21.0 Å². The number of aromatic nitrogens is 2. The second kappa shape index (κ2) is 8.67. The molecule has 0 unspecified atom stereocenters. The van der Waals surface area contributed by atoms with Crippen LogP contribution in [0.4, 0.5) is 26.3 Å². The minimum absolute atomic E-state index is 0.0238. The molecule has 0 aliphatic rings. The molecule has 0 bridgehead atoms. The quantitative estimate of drug-likeness (QED) is 0.209. The van der Waals surface area contributed by atoms with Crippen LogP contribution >= 0.6 is 0 Å². The van der Waals surface area contributed by atoms with E-state index in [0.29, 0.717) is 0 Å². The summed E-state index contributed by atoms with van der Waals surface area (Å²) in [5.41, 5.74) is -6.67. The maximum atomic E-state index is 13.2. The maximum Gasteiger partial charge on any atom is 0.534 e. The highest BCUT2D eigenvalue weighted by atomic mass is 32.2. The Kier molecular flexibility index (Phi) is 6.44. The molecule has 2 aromatic carbocycles. The van der Waals surface area contributed by atoms with E-state index in [0.717, 1.165) is 18.2 Å². The van der Waals surface area contributed by atoms with Crippen LogP contribution in [0.2, 0.25) is 0 Å². The van der Waals surface area contributed by atoms with Crippen molar-refractivity contribution in [1.82, 2.24) is 10.2 Å². The third kappa shape index (κ3) is 5.11. The monoisotopic (exact) mass is 496 g/mol. The Morgan fingerprint density at radius 3 is 2.27 bits per heavy atom. The fraction of sp³-hybridized carbons (Fsp3) is 0.263. The molecule has 14 heteroatoms. The number of methoxy groups -OCH3 is 1. The summed E-state index contributed by atoms with van der Waals surface area (Å²) in [5, 5.41) is 7.70. The fourth-order valence-corrected chi connectivity index (χ4v) is 3.35. The lowest BCUT2D eigenvalue weighted by Gasteiger charge is -2.17. The van der Waals surface area contributed by atoms with Gasteiger partial charge in [0.25, 0.3) is 0 Å². The molecular weight excluding hydrogens is 482 g/mol. The number of fused-ring (bicyclic) bond motifs is 1. The van der Waals surface area contributed by atoms with Gasteiger partial charge in [-0.15, -0.1) is 10.2 Å². The van der Waals surface area contributed by atoms with Gasteiger partial charge in [0.05, 0.1) is 11.3 Å². The molecule has 0 fully saturated rings. The van der Waals surface area contributed by atoms with Gasteiger partial charge in [-0.3, -0.25) is 0 Å². The molecule has 3 aromatic rings. The molecule has 0 amide bonds. The molecular formula is C19H14F6N2O5S. The second-order valence-electron chi connectivity index (χ2n) is 6.62. The molecule has 0 N–H and O–H groups in total. The van der Waals surface area contributed by atoms with Gasteiger partial charge in [-0.1, -0.05) is 12.1 Å². The second-order valence-corrected chi connectivity index (χ2v) is 8.16. The van der Waals surface area contributed by atoms with Gasteiger partial charge < -0.3 is 13.7 Å². The number of hydrogen-bond donors (Lipinski definition) is 0. The third-order valence-electron chi connectivity index (χ3n) is 4.28. The van der Waals surface area contributed by atoms with Crippen LogP contribution in [0.3, 0.4) is 0 Å². The first-order valence-corrected chi connectivity index (χ1v) is 10.3. The molecule has 7 nitrogen and oxygen atoms in total. The summed E-state index contributed by atoms with van der Waals surface area (Å²) in [6.07, 6.45) is -4.65. The number of benzene rings is 2. The van der Waals surface area contributed by atoms with Gasteiger partial charge in [0.1, 0.15) is 11.3 Å². The Bertz CT molecular complexity index is 1290. The highest BCUT2D eigenvalue weighted by Crippen LogP contribution is 2.40. The summed E-state index contributed by atoms with van der Waals surface area (Å²) in [6.45, 7) is 1.01. The lowest BCUT2D eigenvalue weighted by atomic mass is 9.99. The summed E-state index contributed by atoms with van der Waals surface area (Å²) in [7, 11) is -4.68. The minimum atomic E-state index is -5.96. The van der Waals surface area contributed by atoms with Gasteiger partial charge >= 0.3 is 21.8 Å². The Hall–Kier alpha value is -3.13. The Labute approximate surface area is 183 Å². The summed E-state index contributed by atoms with van der Waals surface area (Å²) >= 11 is 0. The summed E-state index contributed by atoms with van der Waals surface area (Å²) in [5.74, 6) is -0.936. The van der Waals surface area contributed by atoms with Gasteiger partial charge in [0, 0.05) is 18.1 Å². The molecule has 1 aromatic heterocycles. The van der Waals surface area contributed by atoms with E-state index in [1.54, 1.807) is 0 Å². The number of alkyl halides is 6. The van der Waals surface area contributed by atoms with E-state index in [1.165, 1.54) is 32.2 Å². The predicted molar refractivity (Wildman–Crippen MR) is 103 cm³/mol. The van der Waals surface area contributed by atoms with E-state index in [2.05, 4.69) is 14.4 Å². The van der Waals surface area contributed by atoms with Crippen molar-refractivity contribution in [2.45, 2.75) is 18.6 Å². The van der Waals surface area contributed by atoms with Crippen molar-refractivity contribution in [3.63, 3.8) is 0 Å². The van der Waals surface area contributed by atoms with Crippen molar-refractivity contribution in [2.24, 2.45) is 0 Å². The van der Waals surface area contributed by atoms with Gasteiger partial charge in [-0.25, -0.2) is 0 Å². The molecule has 0 spiro atoms. The standard InChI is InChI=1S/C19H14F6N2O5S/c1-10-6-12(18(20,21)22)8-15(31-9-30-2)16(10)13-7-11-4-3-5-14(17(11)27-26-13)32-33(28,29)19(23,24)25/h3-8H,9H2,1-2H3. The molecule has 0 saturated carbocycles. The molecule has 0 saturated heterocycles. The lowest BCUT2D eigenvalue weighted by Crippen LogP contribution is -2.28. The van der Waals surface area contributed by atoms with E-state index in [-0.39, 0.29) is 40.3 Å². The highest BCUT2D eigenvalue weighted by Gasteiger charge is 2.48. The minimum Gasteiger partial charge on any atom is -0.467 e. The van der Waals surface area contributed by atoms with E-state index in [4.69, 9.17) is 9.47 Å². The molecule has 0 atom stereocenters. The van der Waals surface area contributed by atoms with Crippen LogP contribution in [0.15, 0.2) is 36.4 Å². The van der Waals surface area contributed by atoms with Crippen molar-refractivity contribution in [2.75, 3.05) is 13.9 Å². The Morgan fingerprint density at radius 1 is 0.970 bits per heavy atom. The average molecular weight is 496 g/mol. The van der Waals surface area contributed by atoms with E-state index in [1.807, 2.05) is 0 Å². The van der Waals surface area contributed by atoms with E-state index >= 15 is 0 Å². The predicted octanol–water partition coefficient (Wildman–Crippen LogP) is 4.84. The Morgan fingerprint density at radius 2 is 1.67 bits per heavy atom. The van der Waals surface area contributed by atoms with E-state index < -0.39 is 33.1 Å². The number of rotatable bonds is 6. The Balaban J connectivity index is 2.14. The van der Waals surface area contributed by atoms with Crippen LogP contribution in [0.1, 0.15) is 11.1 Å².